The number of carbonyl (C=O) groups excluding carboxylic acids is 2. The molecule has 0 aromatic carbocycles. The van der Waals surface area contributed by atoms with Crippen LogP contribution in [0.25, 0.3) is 0 Å². The zero-order valence-electron chi connectivity index (χ0n) is 26.5. The first-order valence-electron chi connectivity index (χ1n) is 16.8. The molecular formula is C34H66O5. The number of rotatable bonds is 29. The smallest absolute Gasteiger partial charge is 0.306 e. The first-order chi connectivity index (χ1) is 18.8. The van der Waals surface area contributed by atoms with Crippen LogP contribution in [0.3, 0.4) is 0 Å². The standard InChI is InChI=1S/C34H66O5/c1-30(2)24-20-16-12-9-7-5-6-8-10-14-19-23-27-34(37)39-32(28-35)29-38-33(36)26-22-18-15-11-13-17-21-25-31(3)4/h30-32,35H,5-29H2,1-4H3/t32-/m0/s1. The van der Waals surface area contributed by atoms with Crippen molar-refractivity contribution in [3.05, 3.63) is 0 Å². The topological polar surface area (TPSA) is 72.8 Å². The summed E-state index contributed by atoms with van der Waals surface area (Å²) in [5.74, 6) is 1.05. The van der Waals surface area contributed by atoms with Gasteiger partial charge in [0.25, 0.3) is 0 Å². The molecule has 5 heteroatoms. The molecule has 0 aromatic heterocycles. The normalized spacial score (nSPS) is 12.3. The van der Waals surface area contributed by atoms with E-state index in [0.29, 0.717) is 12.8 Å². The van der Waals surface area contributed by atoms with Crippen molar-refractivity contribution in [1.29, 1.82) is 0 Å². The summed E-state index contributed by atoms with van der Waals surface area (Å²) in [5, 5.41) is 9.49. The van der Waals surface area contributed by atoms with Crippen molar-refractivity contribution >= 4 is 11.9 Å². The van der Waals surface area contributed by atoms with Gasteiger partial charge in [0.2, 0.25) is 0 Å². The SMILES string of the molecule is CC(C)CCCCCCCCCCCCCCC(=O)O[C@@H](CO)COC(=O)CCCCCCCCCC(C)C. The predicted octanol–water partition coefficient (Wildman–Crippen LogP) is 9.72. The Morgan fingerprint density at radius 1 is 0.513 bits per heavy atom. The zero-order valence-corrected chi connectivity index (χ0v) is 26.5. The van der Waals surface area contributed by atoms with E-state index in [1.807, 2.05) is 0 Å². The van der Waals surface area contributed by atoms with Gasteiger partial charge in [-0.15, -0.1) is 0 Å². The molecule has 0 radical (unpaired) electrons. The largest absolute Gasteiger partial charge is 0.462 e. The van der Waals surface area contributed by atoms with Crippen LogP contribution < -0.4 is 0 Å². The van der Waals surface area contributed by atoms with Gasteiger partial charge in [-0.1, -0.05) is 150 Å². The van der Waals surface area contributed by atoms with Crippen molar-refractivity contribution in [1.82, 2.24) is 0 Å². The number of hydrogen-bond donors (Lipinski definition) is 1. The molecule has 39 heavy (non-hydrogen) atoms. The Labute approximate surface area is 242 Å². The third-order valence-electron chi connectivity index (χ3n) is 7.51. The first kappa shape index (κ1) is 37.9. The third kappa shape index (κ3) is 29.7. The molecule has 232 valence electrons. The number of unbranched alkanes of at least 4 members (excludes halogenated alkanes) is 17. The number of aliphatic hydroxyl groups excluding tert-OH is 1. The first-order valence-corrected chi connectivity index (χ1v) is 16.8. The fraction of sp³-hybridized carbons (Fsp3) is 0.941. The maximum absolute atomic E-state index is 12.1. The fourth-order valence-corrected chi connectivity index (χ4v) is 4.92. The van der Waals surface area contributed by atoms with Crippen molar-refractivity contribution in [2.45, 2.75) is 181 Å². The Morgan fingerprint density at radius 2 is 0.846 bits per heavy atom. The highest BCUT2D eigenvalue weighted by Gasteiger charge is 2.16. The summed E-state index contributed by atoms with van der Waals surface area (Å²) in [6.45, 7) is 8.77. The van der Waals surface area contributed by atoms with E-state index >= 15 is 0 Å². The summed E-state index contributed by atoms with van der Waals surface area (Å²) < 4.78 is 10.5. The molecule has 0 aliphatic heterocycles. The molecule has 0 saturated carbocycles. The summed E-state index contributed by atoms with van der Waals surface area (Å²) in [4.78, 5) is 24.1. The molecule has 0 aromatic rings. The van der Waals surface area contributed by atoms with E-state index in [1.54, 1.807) is 0 Å². The lowest BCUT2D eigenvalue weighted by molar-refractivity contribution is -0.161. The molecule has 0 amide bonds. The molecule has 0 unspecified atom stereocenters. The van der Waals surface area contributed by atoms with Crippen LogP contribution in [0.5, 0.6) is 0 Å². The van der Waals surface area contributed by atoms with E-state index < -0.39 is 6.10 Å². The molecule has 0 bridgehead atoms. The molecule has 0 aliphatic carbocycles. The maximum atomic E-state index is 12.1. The minimum Gasteiger partial charge on any atom is -0.462 e. The van der Waals surface area contributed by atoms with E-state index in [2.05, 4.69) is 27.7 Å². The monoisotopic (exact) mass is 554 g/mol. The number of ether oxygens (including phenoxy) is 2. The summed E-state index contributed by atoms with van der Waals surface area (Å²) in [5.41, 5.74) is 0. The summed E-state index contributed by atoms with van der Waals surface area (Å²) in [7, 11) is 0. The van der Waals surface area contributed by atoms with Crippen LogP contribution in [-0.4, -0.2) is 36.4 Å². The lowest BCUT2D eigenvalue weighted by Crippen LogP contribution is -2.28. The Morgan fingerprint density at radius 3 is 1.21 bits per heavy atom. The van der Waals surface area contributed by atoms with Gasteiger partial charge >= 0.3 is 11.9 Å². The quantitative estimate of drug-likeness (QED) is 0.0736. The van der Waals surface area contributed by atoms with Crippen LogP contribution in [0, 0.1) is 11.8 Å². The highest BCUT2D eigenvalue weighted by Crippen LogP contribution is 2.15. The molecule has 0 rings (SSSR count). The lowest BCUT2D eigenvalue weighted by atomic mass is 10.0. The highest BCUT2D eigenvalue weighted by molar-refractivity contribution is 5.70. The van der Waals surface area contributed by atoms with Crippen molar-refractivity contribution in [3.63, 3.8) is 0 Å². The van der Waals surface area contributed by atoms with Crippen LogP contribution in [0.2, 0.25) is 0 Å². The van der Waals surface area contributed by atoms with Crippen LogP contribution in [-0.2, 0) is 19.1 Å². The molecule has 0 heterocycles. The van der Waals surface area contributed by atoms with Crippen molar-refractivity contribution < 1.29 is 24.2 Å². The lowest BCUT2D eigenvalue weighted by Gasteiger charge is -2.15. The van der Waals surface area contributed by atoms with E-state index in [-0.39, 0.29) is 25.2 Å². The number of esters is 2. The Hall–Kier alpha value is -1.10. The summed E-state index contributed by atoms with van der Waals surface area (Å²) >= 11 is 0. The van der Waals surface area contributed by atoms with E-state index in [9.17, 15) is 14.7 Å². The van der Waals surface area contributed by atoms with Crippen LogP contribution in [0.4, 0.5) is 0 Å². The summed E-state index contributed by atoms with van der Waals surface area (Å²) in [6, 6.07) is 0. The van der Waals surface area contributed by atoms with Crippen molar-refractivity contribution in [2.75, 3.05) is 13.2 Å². The molecule has 1 N–H and O–H groups in total. The van der Waals surface area contributed by atoms with Crippen molar-refractivity contribution in [3.8, 4) is 0 Å². The van der Waals surface area contributed by atoms with Gasteiger partial charge in [-0.2, -0.15) is 0 Å². The molecule has 1 atom stereocenters. The Kier molecular flexibility index (Phi) is 27.6. The van der Waals surface area contributed by atoms with Gasteiger partial charge in [-0.05, 0) is 24.7 Å². The van der Waals surface area contributed by atoms with Gasteiger partial charge in [0.15, 0.2) is 6.10 Å². The Bertz CT molecular complexity index is 546. The van der Waals surface area contributed by atoms with Gasteiger partial charge in [0.1, 0.15) is 6.61 Å². The second-order valence-corrected chi connectivity index (χ2v) is 12.6. The van der Waals surface area contributed by atoms with Gasteiger partial charge < -0.3 is 14.6 Å². The van der Waals surface area contributed by atoms with E-state index in [1.165, 1.54) is 96.3 Å². The number of aliphatic hydroxyl groups is 1. The minimum absolute atomic E-state index is 0.0606. The molecule has 0 fully saturated rings. The van der Waals surface area contributed by atoms with Crippen LogP contribution >= 0.6 is 0 Å². The highest BCUT2D eigenvalue weighted by atomic mass is 16.6. The summed E-state index contributed by atoms with van der Waals surface area (Å²) in [6.07, 6.45) is 25.9. The van der Waals surface area contributed by atoms with Gasteiger partial charge in [0.05, 0.1) is 6.61 Å². The predicted molar refractivity (Wildman–Crippen MR) is 164 cm³/mol. The van der Waals surface area contributed by atoms with Gasteiger partial charge in [0, 0.05) is 12.8 Å². The average molecular weight is 555 g/mol. The van der Waals surface area contributed by atoms with Crippen LogP contribution in [0.1, 0.15) is 175 Å². The van der Waals surface area contributed by atoms with Gasteiger partial charge in [-0.25, -0.2) is 0 Å². The van der Waals surface area contributed by atoms with E-state index in [0.717, 1.165) is 50.4 Å². The minimum atomic E-state index is -0.762. The third-order valence-corrected chi connectivity index (χ3v) is 7.51. The van der Waals surface area contributed by atoms with Crippen LogP contribution in [0.15, 0.2) is 0 Å². The molecule has 5 nitrogen and oxygen atoms in total. The second kappa shape index (κ2) is 28.4. The van der Waals surface area contributed by atoms with Gasteiger partial charge in [-0.3, -0.25) is 9.59 Å². The maximum Gasteiger partial charge on any atom is 0.306 e. The fourth-order valence-electron chi connectivity index (χ4n) is 4.92. The second-order valence-electron chi connectivity index (χ2n) is 12.6. The zero-order chi connectivity index (χ0) is 29.0. The Balaban J connectivity index is 3.55. The number of carbonyl (C=O) groups is 2. The van der Waals surface area contributed by atoms with Crippen molar-refractivity contribution in [2.24, 2.45) is 11.8 Å². The molecule has 0 saturated heterocycles. The molecule has 0 spiro atoms. The molecule has 0 aliphatic rings. The number of hydrogen-bond acceptors (Lipinski definition) is 5. The average Bonchev–Trinajstić information content (AvgIpc) is 2.89. The molecular weight excluding hydrogens is 488 g/mol. The van der Waals surface area contributed by atoms with E-state index in [4.69, 9.17) is 9.47 Å².